The van der Waals surface area contributed by atoms with Gasteiger partial charge in [0.1, 0.15) is 0 Å². The van der Waals surface area contributed by atoms with Crippen LogP contribution in [0.2, 0.25) is 0 Å². The monoisotopic (exact) mass is 254 g/mol. The van der Waals surface area contributed by atoms with Gasteiger partial charge in [0.05, 0.1) is 0 Å². The van der Waals surface area contributed by atoms with Gasteiger partial charge in [0, 0.05) is 13.1 Å². The highest BCUT2D eigenvalue weighted by Crippen LogP contribution is 2.17. The van der Waals surface area contributed by atoms with E-state index in [1.807, 2.05) is 0 Å². The summed E-state index contributed by atoms with van der Waals surface area (Å²) in [5.74, 6) is 1.81. The number of unbranched alkanes of at least 4 members (excludes halogenated alkanes) is 1. The summed E-state index contributed by atoms with van der Waals surface area (Å²) in [6.45, 7) is 13.3. The fraction of sp³-hybridized carbons (Fsp3) is 1.00. The Morgan fingerprint density at radius 3 is 2.67 bits per heavy atom. The topological polar surface area (TPSA) is 15.3 Å². The second-order valence-corrected chi connectivity index (χ2v) is 5.98. The first kappa shape index (κ1) is 16.0. The molecule has 0 spiro atoms. The normalized spacial score (nSPS) is 22.3. The van der Waals surface area contributed by atoms with Crippen LogP contribution in [-0.4, -0.2) is 37.6 Å². The average Bonchev–Trinajstić information content (AvgIpc) is 2.43. The second kappa shape index (κ2) is 9.80. The molecule has 108 valence electrons. The summed E-state index contributed by atoms with van der Waals surface area (Å²) in [5.41, 5.74) is 0. The van der Waals surface area contributed by atoms with E-state index in [2.05, 4.69) is 31.0 Å². The van der Waals surface area contributed by atoms with E-state index in [-0.39, 0.29) is 0 Å². The number of hydrogen-bond donors (Lipinski definition) is 1. The third-order valence-corrected chi connectivity index (χ3v) is 4.42. The van der Waals surface area contributed by atoms with E-state index in [0.717, 1.165) is 11.8 Å². The van der Waals surface area contributed by atoms with E-state index in [1.165, 1.54) is 71.2 Å². The number of piperidine rings is 1. The van der Waals surface area contributed by atoms with Gasteiger partial charge in [0.25, 0.3) is 0 Å². The Hall–Kier alpha value is -0.0800. The first-order valence-electron chi connectivity index (χ1n) is 8.23. The second-order valence-electron chi connectivity index (χ2n) is 5.98. The molecular formula is C16H34N2. The van der Waals surface area contributed by atoms with Gasteiger partial charge < -0.3 is 10.2 Å². The molecule has 1 fully saturated rings. The Morgan fingerprint density at radius 2 is 2.11 bits per heavy atom. The third kappa shape index (κ3) is 6.19. The number of nitrogens with one attached hydrogen (secondary N) is 1. The van der Waals surface area contributed by atoms with Crippen molar-refractivity contribution in [2.75, 3.05) is 32.7 Å². The van der Waals surface area contributed by atoms with Crippen LogP contribution in [0.4, 0.5) is 0 Å². The minimum atomic E-state index is 0.891. The van der Waals surface area contributed by atoms with Gasteiger partial charge in [-0.2, -0.15) is 0 Å². The lowest BCUT2D eigenvalue weighted by atomic mass is 9.96. The molecule has 2 atom stereocenters. The van der Waals surface area contributed by atoms with Gasteiger partial charge in [-0.05, 0) is 50.7 Å². The quantitative estimate of drug-likeness (QED) is 0.677. The number of nitrogens with zero attached hydrogens (tertiary/aromatic N) is 1. The summed E-state index contributed by atoms with van der Waals surface area (Å²) >= 11 is 0. The van der Waals surface area contributed by atoms with Crippen molar-refractivity contribution < 1.29 is 0 Å². The molecule has 1 aliphatic heterocycles. The van der Waals surface area contributed by atoms with Crippen LogP contribution < -0.4 is 5.32 Å². The minimum absolute atomic E-state index is 0.891. The van der Waals surface area contributed by atoms with Crippen LogP contribution in [0.5, 0.6) is 0 Å². The van der Waals surface area contributed by atoms with Gasteiger partial charge in [-0.1, -0.05) is 40.0 Å². The van der Waals surface area contributed by atoms with Crippen LogP contribution in [0.25, 0.3) is 0 Å². The van der Waals surface area contributed by atoms with Gasteiger partial charge in [-0.25, -0.2) is 0 Å². The molecule has 0 saturated carbocycles. The van der Waals surface area contributed by atoms with Crippen molar-refractivity contribution in [3.63, 3.8) is 0 Å². The molecule has 0 aromatic carbocycles. The molecule has 0 aromatic rings. The van der Waals surface area contributed by atoms with Crippen LogP contribution in [0.3, 0.4) is 0 Å². The van der Waals surface area contributed by atoms with Crippen molar-refractivity contribution in [1.29, 1.82) is 0 Å². The molecular weight excluding hydrogens is 220 g/mol. The van der Waals surface area contributed by atoms with Crippen molar-refractivity contribution in [2.24, 2.45) is 11.8 Å². The fourth-order valence-electron chi connectivity index (χ4n) is 3.06. The van der Waals surface area contributed by atoms with Gasteiger partial charge in [0.15, 0.2) is 0 Å². The predicted octanol–water partition coefficient (Wildman–Crippen LogP) is 3.52. The Bertz CT molecular complexity index is 188. The van der Waals surface area contributed by atoms with E-state index in [4.69, 9.17) is 0 Å². The maximum atomic E-state index is 3.54. The number of hydrogen-bond acceptors (Lipinski definition) is 2. The Morgan fingerprint density at radius 1 is 1.28 bits per heavy atom. The lowest BCUT2D eigenvalue weighted by Crippen LogP contribution is -2.40. The zero-order chi connectivity index (χ0) is 13.2. The molecule has 1 aliphatic rings. The predicted molar refractivity (Wildman–Crippen MR) is 81.0 cm³/mol. The maximum absolute atomic E-state index is 3.54. The van der Waals surface area contributed by atoms with Crippen molar-refractivity contribution in [3.05, 3.63) is 0 Å². The van der Waals surface area contributed by atoms with Crippen molar-refractivity contribution in [3.8, 4) is 0 Å². The Balaban J connectivity index is 2.29. The van der Waals surface area contributed by atoms with Crippen molar-refractivity contribution >= 4 is 0 Å². The van der Waals surface area contributed by atoms with Gasteiger partial charge in [0.2, 0.25) is 0 Å². The molecule has 18 heavy (non-hydrogen) atoms. The summed E-state index contributed by atoms with van der Waals surface area (Å²) in [6, 6.07) is 0. The largest absolute Gasteiger partial charge is 0.316 e. The highest BCUT2D eigenvalue weighted by Gasteiger charge is 2.18. The Labute approximate surface area is 115 Å². The maximum Gasteiger partial charge on any atom is 0.00218 e. The highest BCUT2D eigenvalue weighted by molar-refractivity contribution is 4.74. The lowest BCUT2D eigenvalue weighted by molar-refractivity contribution is 0.182. The first-order valence-corrected chi connectivity index (χ1v) is 8.23. The third-order valence-electron chi connectivity index (χ3n) is 4.42. The van der Waals surface area contributed by atoms with Crippen LogP contribution in [-0.2, 0) is 0 Å². The lowest BCUT2D eigenvalue weighted by Gasteiger charge is -2.31. The summed E-state index contributed by atoms with van der Waals surface area (Å²) in [5, 5.41) is 3.54. The molecule has 0 radical (unpaired) electrons. The van der Waals surface area contributed by atoms with Crippen molar-refractivity contribution in [1.82, 2.24) is 10.2 Å². The van der Waals surface area contributed by atoms with Crippen molar-refractivity contribution in [2.45, 2.75) is 59.3 Å². The van der Waals surface area contributed by atoms with Gasteiger partial charge in [-0.15, -0.1) is 0 Å². The highest BCUT2D eigenvalue weighted by atomic mass is 15.1. The van der Waals surface area contributed by atoms with Crippen LogP contribution in [0, 0.1) is 11.8 Å². The van der Waals surface area contributed by atoms with Crippen LogP contribution in [0.15, 0.2) is 0 Å². The van der Waals surface area contributed by atoms with E-state index in [0.29, 0.717) is 0 Å². The average molecular weight is 254 g/mol. The zero-order valence-electron chi connectivity index (χ0n) is 12.9. The molecule has 0 aliphatic carbocycles. The van der Waals surface area contributed by atoms with Gasteiger partial charge in [-0.3, -0.25) is 0 Å². The molecule has 2 unspecified atom stereocenters. The molecule has 1 rings (SSSR count). The van der Waals surface area contributed by atoms with E-state index >= 15 is 0 Å². The molecule has 0 amide bonds. The molecule has 1 heterocycles. The minimum Gasteiger partial charge on any atom is -0.316 e. The summed E-state index contributed by atoms with van der Waals surface area (Å²) in [4.78, 5) is 2.70. The molecule has 2 heteroatoms. The molecule has 2 nitrogen and oxygen atoms in total. The van der Waals surface area contributed by atoms with E-state index in [9.17, 15) is 0 Å². The summed E-state index contributed by atoms with van der Waals surface area (Å²) in [6.07, 6.45) is 8.31. The standard InChI is InChI=1S/C16H34N2/c1-4-7-9-15(5-2)13-18(6-3)14-16-10-8-11-17-12-16/h15-17H,4-14H2,1-3H3. The molecule has 0 aromatic heterocycles. The smallest absolute Gasteiger partial charge is 0.00218 e. The summed E-state index contributed by atoms with van der Waals surface area (Å²) in [7, 11) is 0. The fourth-order valence-corrected chi connectivity index (χ4v) is 3.06. The van der Waals surface area contributed by atoms with Crippen LogP contribution in [0.1, 0.15) is 59.3 Å². The molecule has 1 N–H and O–H groups in total. The Kier molecular flexibility index (Phi) is 8.70. The van der Waals surface area contributed by atoms with E-state index < -0.39 is 0 Å². The zero-order valence-corrected chi connectivity index (χ0v) is 12.9. The number of rotatable bonds is 9. The SMILES string of the molecule is CCCCC(CC)CN(CC)CC1CCCNC1. The molecule has 0 bridgehead atoms. The molecule has 1 saturated heterocycles. The first-order chi connectivity index (χ1) is 8.80. The van der Waals surface area contributed by atoms with Gasteiger partial charge >= 0.3 is 0 Å². The summed E-state index contributed by atoms with van der Waals surface area (Å²) < 4.78 is 0. The van der Waals surface area contributed by atoms with E-state index in [1.54, 1.807) is 0 Å². The van der Waals surface area contributed by atoms with Crippen LogP contribution >= 0.6 is 0 Å².